The summed E-state index contributed by atoms with van der Waals surface area (Å²) >= 11 is 2.97. The molecule has 2 N–H and O–H groups in total. The van der Waals surface area contributed by atoms with Crippen molar-refractivity contribution in [2.45, 2.75) is 19.9 Å². The predicted molar refractivity (Wildman–Crippen MR) is 92.1 cm³/mol. The third-order valence-corrected chi connectivity index (χ3v) is 5.38. The van der Waals surface area contributed by atoms with Crippen molar-refractivity contribution in [3.05, 3.63) is 33.0 Å². The van der Waals surface area contributed by atoms with E-state index in [9.17, 15) is 9.59 Å². The molecule has 8 heteroatoms. The number of likely N-dealkylation sites (N-methyl/N-ethyl adjacent to an activating group) is 1. The molecule has 3 heterocycles. The van der Waals surface area contributed by atoms with Crippen molar-refractivity contribution in [2.24, 2.45) is 0 Å². The highest BCUT2D eigenvalue weighted by molar-refractivity contribution is 7.15. The number of nitrogens with one attached hydrogen (secondary N) is 2. The third-order valence-electron chi connectivity index (χ3n) is 3.70. The van der Waals surface area contributed by atoms with E-state index in [1.54, 1.807) is 11.4 Å². The minimum atomic E-state index is -0.257. The van der Waals surface area contributed by atoms with E-state index in [0.29, 0.717) is 10.7 Å². The Morgan fingerprint density at radius 2 is 2.30 bits per heavy atom. The van der Waals surface area contributed by atoms with E-state index >= 15 is 0 Å². The van der Waals surface area contributed by atoms with Crippen LogP contribution in [0.2, 0.25) is 0 Å². The maximum Gasteiger partial charge on any atom is 0.252 e. The molecule has 122 valence electrons. The largest absolute Gasteiger partial charge is 0.343 e. The van der Waals surface area contributed by atoms with E-state index in [1.165, 1.54) is 27.6 Å². The van der Waals surface area contributed by atoms with Gasteiger partial charge in [0.2, 0.25) is 5.91 Å². The summed E-state index contributed by atoms with van der Waals surface area (Å²) < 4.78 is 0. The molecule has 2 aromatic heterocycles. The lowest BCUT2D eigenvalue weighted by Gasteiger charge is -2.23. The Morgan fingerprint density at radius 1 is 1.43 bits per heavy atom. The van der Waals surface area contributed by atoms with Gasteiger partial charge in [-0.25, -0.2) is 4.98 Å². The van der Waals surface area contributed by atoms with Gasteiger partial charge in [0.15, 0.2) is 5.13 Å². The Morgan fingerprint density at radius 3 is 3.04 bits per heavy atom. The smallest absolute Gasteiger partial charge is 0.252 e. The Labute approximate surface area is 142 Å². The lowest BCUT2D eigenvalue weighted by molar-refractivity contribution is -0.115. The van der Waals surface area contributed by atoms with E-state index in [4.69, 9.17) is 0 Å². The normalized spacial score (nSPS) is 14.3. The molecule has 2 aromatic rings. The zero-order valence-corrected chi connectivity index (χ0v) is 14.4. The number of hydrogen-bond donors (Lipinski definition) is 2. The molecule has 0 spiro atoms. The quantitative estimate of drug-likeness (QED) is 0.864. The maximum absolute atomic E-state index is 12.0. The van der Waals surface area contributed by atoms with Gasteiger partial charge in [-0.1, -0.05) is 6.92 Å². The second-order valence-electron chi connectivity index (χ2n) is 5.25. The number of aromatic nitrogens is 1. The average molecular weight is 350 g/mol. The lowest BCUT2D eigenvalue weighted by Crippen LogP contribution is -2.32. The van der Waals surface area contributed by atoms with Gasteiger partial charge < -0.3 is 10.6 Å². The van der Waals surface area contributed by atoms with Crippen molar-refractivity contribution >= 4 is 39.6 Å². The number of hydrogen-bond acceptors (Lipinski definition) is 6. The summed E-state index contributed by atoms with van der Waals surface area (Å²) in [5, 5.41) is 9.57. The molecule has 1 aliphatic rings. The molecule has 0 aromatic carbocycles. The molecular formula is C15H18N4O2S2. The number of nitrogens with zero attached hydrogens (tertiary/aromatic N) is 2. The molecule has 0 unspecified atom stereocenters. The van der Waals surface area contributed by atoms with Crippen LogP contribution in [0.4, 0.5) is 5.13 Å². The summed E-state index contributed by atoms with van der Waals surface area (Å²) in [5.74, 6) is -0.495. The van der Waals surface area contributed by atoms with Gasteiger partial charge in [0.1, 0.15) is 0 Å². The number of thiazole rings is 1. The number of anilines is 1. The molecule has 3 rings (SSSR count). The Bertz CT molecular complexity index is 696. The van der Waals surface area contributed by atoms with Crippen molar-refractivity contribution in [2.75, 3.05) is 25.0 Å². The van der Waals surface area contributed by atoms with E-state index in [1.807, 2.05) is 5.38 Å². The van der Waals surface area contributed by atoms with Gasteiger partial charge in [0.25, 0.3) is 5.91 Å². The molecule has 2 amide bonds. The minimum Gasteiger partial charge on any atom is -0.343 e. The van der Waals surface area contributed by atoms with Gasteiger partial charge in [-0.15, -0.1) is 11.3 Å². The summed E-state index contributed by atoms with van der Waals surface area (Å²) in [7, 11) is 0. The molecule has 0 saturated heterocycles. The Hall–Kier alpha value is -1.77. The summed E-state index contributed by atoms with van der Waals surface area (Å²) in [4.78, 5) is 31.8. The molecule has 0 aliphatic carbocycles. The molecule has 6 nitrogen and oxygen atoms in total. The first kappa shape index (κ1) is 16.1. The van der Waals surface area contributed by atoms with Crippen LogP contribution in [0.5, 0.6) is 0 Å². The van der Waals surface area contributed by atoms with E-state index in [-0.39, 0.29) is 18.4 Å². The topological polar surface area (TPSA) is 74.3 Å². The Kier molecular flexibility index (Phi) is 5.04. The van der Waals surface area contributed by atoms with Crippen molar-refractivity contribution in [3.63, 3.8) is 0 Å². The van der Waals surface area contributed by atoms with E-state index in [0.717, 1.165) is 31.7 Å². The van der Waals surface area contributed by atoms with Crippen LogP contribution < -0.4 is 10.6 Å². The third kappa shape index (κ3) is 3.95. The van der Waals surface area contributed by atoms with E-state index < -0.39 is 0 Å². The fraction of sp³-hybridized carbons (Fsp3) is 0.400. The van der Waals surface area contributed by atoms with Crippen LogP contribution in [0.25, 0.3) is 0 Å². The maximum atomic E-state index is 12.0. The summed E-state index contributed by atoms with van der Waals surface area (Å²) in [6.07, 6.45) is 0.921. The standard InChI is InChI=1S/C15H18N4O2S2/c1-2-19-5-3-11-12(8-19)23-15(17-11)18-13(20)7-16-14(21)10-4-6-22-9-10/h4,6,9H,2-3,5,7-8H2,1H3,(H,16,21)(H,17,18,20). The molecule has 0 radical (unpaired) electrons. The van der Waals surface area contributed by atoms with Crippen LogP contribution in [0, 0.1) is 0 Å². The summed E-state index contributed by atoms with van der Waals surface area (Å²) in [6.45, 7) is 5.02. The molecule has 0 saturated carbocycles. The lowest BCUT2D eigenvalue weighted by atomic mass is 10.2. The van der Waals surface area contributed by atoms with Crippen LogP contribution >= 0.6 is 22.7 Å². The molecule has 1 aliphatic heterocycles. The second-order valence-corrected chi connectivity index (χ2v) is 7.11. The first-order valence-electron chi connectivity index (χ1n) is 7.47. The van der Waals surface area contributed by atoms with Crippen molar-refractivity contribution in [1.82, 2.24) is 15.2 Å². The highest BCUT2D eigenvalue weighted by atomic mass is 32.1. The van der Waals surface area contributed by atoms with Crippen molar-refractivity contribution in [1.29, 1.82) is 0 Å². The first-order chi connectivity index (χ1) is 11.2. The van der Waals surface area contributed by atoms with Crippen LogP contribution in [0.3, 0.4) is 0 Å². The summed E-state index contributed by atoms with van der Waals surface area (Å²) in [6, 6.07) is 1.73. The first-order valence-corrected chi connectivity index (χ1v) is 9.23. The second kappa shape index (κ2) is 7.20. The van der Waals surface area contributed by atoms with Crippen molar-refractivity contribution in [3.8, 4) is 0 Å². The zero-order valence-electron chi connectivity index (χ0n) is 12.8. The average Bonchev–Trinajstić information content (AvgIpc) is 3.20. The van der Waals surface area contributed by atoms with Crippen LogP contribution in [0.1, 0.15) is 27.9 Å². The number of carbonyl (C=O) groups is 2. The van der Waals surface area contributed by atoms with Gasteiger partial charge in [0, 0.05) is 35.3 Å². The summed E-state index contributed by atoms with van der Waals surface area (Å²) in [5.41, 5.74) is 1.66. The van der Waals surface area contributed by atoms with Gasteiger partial charge in [-0.3, -0.25) is 14.5 Å². The molecule has 23 heavy (non-hydrogen) atoms. The number of rotatable bonds is 5. The molecule has 0 atom stereocenters. The molecule has 0 fully saturated rings. The minimum absolute atomic E-state index is 0.0555. The SMILES string of the molecule is CCN1CCc2nc(NC(=O)CNC(=O)c3ccsc3)sc2C1. The number of thiophene rings is 1. The van der Waals surface area contributed by atoms with Gasteiger partial charge in [-0.2, -0.15) is 11.3 Å². The Balaban J connectivity index is 1.52. The number of carbonyl (C=O) groups excluding carboxylic acids is 2. The fourth-order valence-corrected chi connectivity index (χ4v) is 4.09. The number of fused-ring (bicyclic) bond motifs is 1. The fourth-order valence-electron chi connectivity index (χ4n) is 2.39. The molecular weight excluding hydrogens is 332 g/mol. The van der Waals surface area contributed by atoms with Crippen LogP contribution in [-0.2, 0) is 17.8 Å². The van der Waals surface area contributed by atoms with Gasteiger partial charge >= 0.3 is 0 Å². The number of amides is 2. The zero-order chi connectivity index (χ0) is 16.2. The van der Waals surface area contributed by atoms with Gasteiger partial charge in [-0.05, 0) is 18.0 Å². The van der Waals surface area contributed by atoms with Crippen LogP contribution in [0.15, 0.2) is 16.8 Å². The highest BCUT2D eigenvalue weighted by Crippen LogP contribution is 2.28. The van der Waals surface area contributed by atoms with Crippen LogP contribution in [-0.4, -0.2) is 41.3 Å². The highest BCUT2D eigenvalue weighted by Gasteiger charge is 2.20. The monoisotopic (exact) mass is 350 g/mol. The molecule has 0 bridgehead atoms. The predicted octanol–water partition coefficient (Wildman–Crippen LogP) is 1.95. The van der Waals surface area contributed by atoms with E-state index in [2.05, 4.69) is 27.4 Å². The van der Waals surface area contributed by atoms with Crippen molar-refractivity contribution < 1.29 is 9.59 Å². The van der Waals surface area contributed by atoms with Gasteiger partial charge in [0.05, 0.1) is 12.2 Å².